The molecule has 0 aromatic carbocycles. The van der Waals surface area contributed by atoms with Crippen molar-refractivity contribution in [3.63, 3.8) is 0 Å². The van der Waals surface area contributed by atoms with Crippen LogP contribution in [-0.4, -0.2) is 19.6 Å². The van der Waals surface area contributed by atoms with Gasteiger partial charge in [0.05, 0.1) is 0 Å². The maximum Gasteiger partial charge on any atom is 0.129 e. The average molecular weight is 258 g/mol. The number of pyridine rings is 1. The van der Waals surface area contributed by atoms with Crippen LogP contribution in [0.5, 0.6) is 0 Å². The Balaban J connectivity index is 2.16. The smallest absolute Gasteiger partial charge is 0.129 e. The minimum atomic E-state index is -1.30. The van der Waals surface area contributed by atoms with Gasteiger partial charge in [0, 0.05) is 24.0 Å². The lowest BCUT2D eigenvalue weighted by Crippen LogP contribution is -2.26. The van der Waals surface area contributed by atoms with E-state index in [0.29, 0.717) is 6.04 Å². The highest BCUT2D eigenvalue weighted by Gasteiger charge is 2.15. The van der Waals surface area contributed by atoms with Crippen LogP contribution in [0, 0.1) is 11.5 Å². The minimum Gasteiger partial charge on any atom is -0.310 e. The lowest BCUT2D eigenvalue weighted by atomic mass is 9.98. The molecule has 1 aliphatic heterocycles. The Morgan fingerprint density at radius 3 is 2.78 bits per heavy atom. The molecule has 1 aromatic heterocycles. The third-order valence-electron chi connectivity index (χ3n) is 3.05. The van der Waals surface area contributed by atoms with Gasteiger partial charge in [0.25, 0.3) is 0 Å². The van der Waals surface area contributed by atoms with Gasteiger partial charge in [-0.1, -0.05) is 32.0 Å². The van der Waals surface area contributed by atoms with E-state index in [2.05, 4.69) is 47.5 Å². The van der Waals surface area contributed by atoms with Crippen molar-refractivity contribution in [3.8, 4) is 11.5 Å². The van der Waals surface area contributed by atoms with E-state index < -0.39 is 8.07 Å². The summed E-state index contributed by atoms with van der Waals surface area (Å²) in [6.45, 7) is 7.91. The second-order valence-corrected chi connectivity index (χ2v) is 10.8. The molecule has 0 saturated carbocycles. The fourth-order valence-corrected chi connectivity index (χ4v) is 2.63. The molecule has 18 heavy (non-hydrogen) atoms. The standard InChI is InChI=1S/C15H22N2Si/c1-18(2,3)9-7-13-10-14(12-16-11-13)15-6-4-5-8-17-15/h10-12,15,17H,4-6,8H2,1-3H3. The molecule has 1 N–H and O–H groups in total. The highest BCUT2D eigenvalue weighted by atomic mass is 28.3. The molecule has 3 heteroatoms. The van der Waals surface area contributed by atoms with Crippen molar-refractivity contribution < 1.29 is 0 Å². The van der Waals surface area contributed by atoms with Crippen LogP contribution in [0.3, 0.4) is 0 Å². The van der Waals surface area contributed by atoms with E-state index in [0.717, 1.165) is 12.1 Å². The van der Waals surface area contributed by atoms with Crippen molar-refractivity contribution in [2.24, 2.45) is 0 Å². The van der Waals surface area contributed by atoms with Gasteiger partial charge in [0.15, 0.2) is 0 Å². The third-order valence-corrected chi connectivity index (χ3v) is 3.93. The van der Waals surface area contributed by atoms with Crippen LogP contribution in [0.15, 0.2) is 18.5 Å². The molecule has 0 radical (unpaired) electrons. The summed E-state index contributed by atoms with van der Waals surface area (Å²) in [4.78, 5) is 4.33. The van der Waals surface area contributed by atoms with Gasteiger partial charge in [-0.3, -0.25) is 4.98 Å². The average Bonchev–Trinajstić information content (AvgIpc) is 2.37. The molecule has 0 spiro atoms. The van der Waals surface area contributed by atoms with Crippen LogP contribution in [0.2, 0.25) is 19.6 Å². The Kier molecular flexibility index (Phi) is 4.21. The molecule has 0 amide bonds. The van der Waals surface area contributed by atoms with Crippen molar-refractivity contribution in [1.82, 2.24) is 10.3 Å². The number of piperidine rings is 1. The van der Waals surface area contributed by atoms with Crippen molar-refractivity contribution in [3.05, 3.63) is 29.6 Å². The third kappa shape index (κ3) is 3.97. The molecule has 2 rings (SSSR count). The van der Waals surface area contributed by atoms with E-state index in [4.69, 9.17) is 0 Å². The summed E-state index contributed by atoms with van der Waals surface area (Å²) < 4.78 is 0. The first-order valence-electron chi connectivity index (χ1n) is 6.76. The van der Waals surface area contributed by atoms with Gasteiger partial charge in [-0.05, 0) is 31.0 Å². The first-order valence-corrected chi connectivity index (χ1v) is 10.3. The van der Waals surface area contributed by atoms with Gasteiger partial charge in [-0.15, -0.1) is 5.54 Å². The van der Waals surface area contributed by atoms with E-state index in [-0.39, 0.29) is 0 Å². The monoisotopic (exact) mass is 258 g/mol. The summed E-state index contributed by atoms with van der Waals surface area (Å²) in [5.41, 5.74) is 5.74. The number of hydrogen-bond donors (Lipinski definition) is 1. The van der Waals surface area contributed by atoms with Crippen molar-refractivity contribution >= 4 is 8.07 Å². The van der Waals surface area contributed by atoms with Gasteiger partial charge in [-0.25, -0.2) is 0 Å². The van der Waals surface area contributed by atoms with Gasteiger partial charge in [-0.2, -0.15) is 0 Å². The number of rotatable bonds is 1. The van der Waals surface area contributed by atoms with Gasteiger partial charge < -0.3 is 5.32 Å². The maximum atomic E-state index is 4.33. The Labute approximate surface area is 111 Å². The van der Waals surface area contributed by atoms with E-state index in [9.17, 15) is 0 Å². The number of nitrogens with zero attached hydrogens (tertiary/aromatic N) is 1. The Hall–Kier alpha value is -1.11. The molecule has 1 atom stereocenters. The molecule has 1 fully saturated rings. The molecule has 1 unspecified atom stereocenters. The SMILES string of the molecule is C[Si](C)(C)C#Cc1cncc(C2CCCCN2)c1. The molecule has 0 aliphatic carbocycles. The van der Waals surface area contributed by atoms with Crippen LogP contribution < -0.4 is 5.32 Å². The van der Waals surface area contributed by atoms with Crippen molar-refractivity contribution in [2.75, 3.05) is 6.54 Å². The predicted molar refractivity (Wildman–Crippen MR) is 79.1 cm³/mol. The molecule has 1 aliphatic rings. The second kappa shape index (κ2) is 5.68. The van der Waals surface area contributed by atoms with E-state index in [1.807, 2.05) is 12.4 Å². The Morgan fingerprint density at radius 2 is 2.11 bits per heavy atom. The van der Waals surface area contributed by atoms with Crippen LogP contribution in [-0.2, 0) is 0 Å². The maximum absolute atomic E-state index is 4.33. The molecule has 0 bridgehead atoms. The second-order valence-electron chi connectivity index (χ2n) is 6.01. The number of aromatic nitrogens is 1. The largest absolute Gasteiger partial charge is 0.310 e. The minimum absolute atomic E-state index is 0.472. The quantitative estimate of drug-likeness (QED) is 0.618. The van der Waals surface area contributed by atoms with Gasteiger partial charge >= 0.3 is 0 Å². The highest BCUT2D eigenvalue weighted by molar-refractivity contribution is 6.83. The first-order chi connectivity index (χ1) is 8.54. The molecule has 2 heterocycles. The summed E-state index contributed by atoms with van der Waals surface area (Å²) in [7, 11) is -1.30. The summed E-state index contributed by atoms with van der Waals surface area (Å²) in [6, 6.07) is 2.67. The summed E-state index contributed by atoms with van der Waals surface area (Å²) >= 11 is 0. The van der Waals surface area contributed by atoms with Gasteiger partial charge in [0.1, 0.15) is 8.07 Å². The highest BCUT2D eigenvalue weighted by Crippen LogP contribution is 2.22. The molecule has 1 aromatic rings. The molecule has 2 nitrogen and oxygen atoms in total. The summed E-state index contributed by atoms with van der Waals surface area (Å²) in [5, 5.41) is 3.56. The Bertz CT molecular complexity index is 459. The normalized spacial score (nSPS) is 20.1. The summed E-state index contributed by atoms with van der Waals surface area (Å²) in [6.07, 6.45) is 7.66. The van der Waals surface area contributed by atoms with Gasteiger partial charge in [0.2, 0.25) is 0 Å². The van der Waals surface area contributed by atoms with Crippen LogP contribution in [0.1, 0.15) is 36.4 Å². The van der Waals surface area contributed by atoms with Crippen molar-refractivity contribution in [2.45, 2.75) is 44.9 Å². The first kappa shape index (κ1) is 13.3. The molecular weight excluding hydrogens is 236 g/mol. The Morgan fingerprint density at radius 1 is 1.28 bits per heavy atom. The lowest BCUT2D eigenvalue weighted by molar-refractivity contribution is 0.411. The van der Waals surface area contributed by atoms with E-state index in [1.54, 1.807) is 0 Å². The van der Waals surface area contributed by atoms with E-state index in [1.165, 1.54) is 24.8 Å². The molecule has 96 valence electrons. The topological polar surface area (TPSA) is 24.9 Å². The lowest BCUT2D eigenvalue weighted by Gasteiger charge is -2.23. The van der Waals surface area contributed by atoms with E-state index >= 15 is 0 Å². The zero-order chi connectivity index (χ0) is 13.0. The van der Waals surface area contributed by atoms with Crippen LogP contribution >= 0.6 is 0 Å². The van der Waals surface area contributed by atoms with Crippen LogP contribution in [0.4, 0.5) is 0 Å². The fourth-order valence-electron chi connectivity index (χ4n) is 2.11. The summed E-state index contributed by atoms with van der Waals surface area (Å²) in [5.74, 6) is 3.29. The number of nitrogens with one attached hydrogen (secondary N) is 1. The predicted octanol–water partition coefficient (Wildman–Crippen LogP) is 3.13. The van der Waals surface area contributed by atoms with Crippen LogP contribution in [0.25, 0.3) is 0 Å². The molecule has 1 saturated heterocycles. The zero-order valence-corrected chi connectivity index (χ0v) is 12.6. The zero-order valence-electron chi connectivity index (χ0n) is 11.6. The molecular formula is C15H22N2Si. The number of hydrogen-bond acceptors (Lipinski definition) is 2. The van der Waals surface area contributed by atoms with Crippen molar-refractivity contribution in [1.29, 1.82) is 0 Å². The fraction of sp³-hybridized carbons (Fsp3) is 0.533.